The van der Waals surface area contributed by atoms with Gasteiger partial charge in [0.15, 0.2) is 0 Å². The number of sulfonamides is 1. The van der Waals surface area contributed by atoms with Gasteiger partial charge in [0.1, 0.15) is 11.7 Å². The van der Waals surface area contributed by atoms with E-state index >= 15 is 0 Å². The minimum atomic E-state index is -4.62. The van der Waals surface area contributed by atoms with Crippen molar-refractivity contribution in [3.8, 4) is 0 Å². The van der Waals surface area contributed by atoms with E-state index in [9.17, 15) is 21.6 Å². The highest BCUT2D eigenvalue weighted by Crippen LogP contribution is 2.25. The number of aromatic nitrogens is 2. The number of aryl methyl sites for hydroxylation is 1. The number of rotatable bonds is 4. The van der Waals surface area contributed by atoms with Gasteiger partial charge in [-0.2, -0.15) is 17.5 Å². The summed E-state index contributed by atoms with van der Waals surface area (Å²) in [6, 6.07) is 0. The number of hydrogen-bond acceptors (Lipinski definition) is 3. The lowest BCUT2D eigenvalue weighted by Crippen LogP contribution is -2.39. The molecule has 1 heterocycles. The maximum absolute atomic E-state index is 12.3. The fraction of sp³-hybridized carbons (Fsp3) is 0.625. The third kappa shape index (κ3) is 3.15. The molecule has 1 rings (SSSR count). The summed E-state index contributed by atoms with van der Waals surface area (Å²) in [5.74, 6) is 0. The Balaban J connectivity index is 3.16. The summed E-state index contributed by atoms with van der Waals surface area (Å²) in [4.78, 5) is 3.52. The lowest BCUT2D eigenvalue weighted by Gasteiger charge is -2.20. The van der Waals surface area contributed by atoms with E-state index in [0.29, 0.717) is 0 Å². The second kappa shape index (κ2) is 5.06. The Bertz CT molecular complexity index is 526. The van der Waals surface area contributed by atoms with E-state index < -0.39 is 27.8 Å². The molecule has 0 spiro atoms. The van der Waals surface area contributed by atoms with Crippen LogP contribution in [0.1, 0.15) is 6.92 Å². The van der Waals surface area contributed by atoms with Crippen LogP contribution in [0.2, 0.25) is 5.15 Å². The Morgan fingerprint density at radius 1 is 1.50 bits per heavy atom. The van der Waals surface area contributed by atoms with Gasteiger partial charge in [0.25, 0.3) is 10.0 Å². The van der Waals surface area contributed by atoms with Crippen LogP contribution >= 0.6 is 11.6 Å². The number of nitrogens with zero attached hydrogens (tertiary/aromatic N) is 3. The molecule has 0 aromatic carbocycles. The predicted molar refractivity (Wildman–Crippen MR) is 58.7 cm³/mol. The largest absolute Gasteiger partial charge is 0.402 e. The van der Waals surface area contributed by atoms with E-state index in [-0.39, 0.29) is 16.0 Å². The van der Waals surface area contributed by atoms with Crippen LogP contribution in [0.15, 0.2) is 11.4 Å². The Labute approximate surface area is 107 Å². The summed E-state index contributed by atoms with van der Waals surface area (Å²) in [5, 5.41) is -0.798. The van der Waals surface area contributed by atoms with Crippen LogP contribution in [0.5, 0.6) is 0 Å². The first-order chi connectivity index (χ1) is 8.09. The van der Waals surface area contributed by atoms with E-state index in [0.717, 1.165) is 6.33 Å². The zero-order valence-electron chi connectivity index (χ0n) is 9.57. The smallest absolute Gasteiger partial charge is 0.324 e. The Kier molecular flexibility index (Phi) is 4.29. The number of alkyl halides is 3. The maximum atomic E-state index is 12.3. The first-order valence-corrected chi connectivity index (χ1v) is 6.65. The van der Waals surface area contributed by atoms with Gasteiger partial charge in [0.2, 0.25) is 5.03 Å². The van der Waals surface area contributed by atoms with Crippen molar-refractivity contribution in [3.05, 3.63) is 11.5 Å². The van der Waals surface area contributed by atoms with Crippen LogP contribution in [0.4, 0.5) is 13.2 Å². The normalized spacial score (nSPS) is 13.3. The molecule has 1 aromatic rings. The van der Waals surface area contributed by atoms with Crippen LogP contribution in [-0.4, -0.2) is 41.5 Å². The van der Waals surface area contributed by atoms with Crippen LogP contribution < -0.4 is 0 Å². The van der Waals surface area contributed by atoms with Gasteiger partial charge in [-0.15, -0.1) is 0 Å². The van der Waals surface area contributed by atoms with Crippen LogP contribution in [0, 0.1) is 0 Å². The molecule has 104 valence electrons. The molecule has 0 fully saturated rings. The molecule has 0 saturated heterocycles. The van der Waals surface area contributed by atoms with E-state index in [1.807, 2.05) is 0 Å². The van der Waals surface area contributed by atoms with Crippen molar-refractivity contribution in [3.63, 3.8) is 0 Å². The van der Waals surface area contributed by atoms with Crippen molar-refractivity contribution in [1.29, 1.82) is 0 Å². The fourth-order valence-electron chi connectivity index (χ4n) is 1.26. The summed E-state index contributed by atoms with van der Waals surface area (Å²) in [6.45, 7) is -0.590. The molecule has 10 heteroatoms. The lowest BCUT2D eigenvalue weighted by molar-refractivity contribution is -0.135. The molecule has 18 heavy (non-hydrogen) atoms. The molecule has 0 radical (unpaired) electrons. The quantitative estimate of drug-likeness (QED) is 0.850. The second-order valence-electron chi connectivity index (χ2n) is 3.50. The number of halogens is 4. The van der Waals surface area contributed by atoms with Crippen LogP contribution in [0.25, 0.3) is 0 Å². The topological polar surface area (TPSA) is 55.2 Å². The van der Waals surface area contributed by atoms with Gasteiger partial charge in [-0.3, -0.25) is 0 Å². The summed E-state index contributed by atoms with van der Waals surface area (Å²) in [5.41, 5.74) is 0. The van der Waals surface area contributed by atoms with Crippen molar-refractivity contribution in [1.82, 2.24) is 13.9 Å². The fourth-order valence-corrected chi connectivity index (χ4v) is 3.08. The summed E-state index contributed by atoms with van der Waals surface area (Å²) >= 11 is 5.68. The SMILES string of the molecule is CCN(CC(F)(F)F)S(=O)(=O)c1ncn(C)c1Cl. The molecule has 0 amide bonds. The standard InChI is InChI=1S/C8H11ClF3N3O2S/c1-3-15(4-8(10,11)12)18(16,17)7-6(9)14(2)5-13-7/h5H,3-4H2,1-2H3. The van der Waals surface area contributed by atoms with Crippen molar-refractivity contribution >= 4 is 21.6 Å². The first-order valence-electron chi connectivity index (χ1n) is 4.83. The van der Waals surface area contributed by atoms with E-state index in [1.54, 1.807) is 0 Å². The highest BCUT2D eigenvalue weighted by molar-refractivity contribution is 7.89. The summed E-state index contributed by atoms with van der Waals surface area (Å²) < 4.78 is 62.2. The van der Waals surface area contributed by atoms with E-state index in [1.165, 1.54) is 18.5 Å². The Morgan fingerprint density at radius 3 is 2.39 bits per heavy atom. The monoisotopic (exact) mass is 305 g/mol. The molecular weight excluding hydrogens is 295 g/mol. The molecule has 0 aliphatic rings. The highest BCUT2D eigenvalue weighted by Gasteiger charge is 2.38. The molecule has 0 aliphatic carbocycles. The number of imidazole rings is 1. The molecule has 0 saturated carbocycles. The van der Waals surface area contributed by atoms with Crippen molar-refractivity contribution < 1.29 is 21.6 Å². The molecule has 0 atom stereocenters. The van der Waals surface area contributed by atoms with Gasteiger partial charge < -0.3 is 4.57 Å². The first kappa shape index (κ1) is 15.3. The third-order valence-corrected chi connectivity index (χ3v) is 4.54. The van der Waals surface area contributed by atoms with E-state index in [2.05, 4.69) is 4.98 Å². The minimum Gasteiger partial charge on any atom is -0.324 e. The highest BCUT2D eigenvalue weighted by atomic mass is 35.5. The molecule has 0 aliphatic heterocycles. The lowest BCUT2D eigenvalue weighted by atomic mass is 10.6. The average molecular weight is 306 g/mol. The zero-order chi connectivity index (χ0) is 14.1. The zero-order valence-corrected chi connectivity index (χ0v) is 11.1. The van der Waals surface area contributed by atoms with Gasteiger partial charge in [0, 0.05) is 13.6 Å². The summed E-state index contributed by atoms with van der Waals surface area (Å²) in [7, 11) is -2.91. The number of hydrogen-bond donors (Lipinski definition) is 0. The van der Waals surface area contributed by atoms with Gasteiger partial charge in [-0.25, -0.2) is 13.4 Å². The van der Waals surface area contributed by atoms with Crippen molar-refractivity contribution in [2.75, 3.05) is 13.1 Å². The predicted octanol–water partition coefficient (Wildman–Crippen LogP) is 1.65. The van der Waals surface area contributed by atoms with Crippen molar-refractivity contribution in [2.24, 2.45) is 7.05 Å². The van der Waals surface area contributed by atoms with Gasteiger partial charge in [-0.1, -0.05) is 18.5 Å². The third-order valence-electron chi connectivity index (χ3n) is 2.13. The van der Waals surface area contributed by atoms with E-state index in [4.69, 9.17) is 11.6 Å². The van der Waals surface area contributed by atoms with Gasteiger partial charge in [-0.05, 0) is 0 Å². The molecule has 0 unspecified atom stereocenters. The van der Waals surface area contributed by atoms with Crippen LogP contribution in [-0.2, 0) is 17.1 Å². The second-order valence-corrected chi connectivity index (χ2v) is 5.71. The molecular formula is C8H11ClF3N3O2S. The molecule has 0 bridgehead atoms. The Hall–Kier alpha value is -0.800. The maximum Gasteiger partial charge on any atom is 0.402 e. The van der Waals surface area contributed by atoms with Crippen LogP contribution in [0.3, 0.4) is 0 Å². The Morgan fingerprint density at radius 2 is 2.06 bits per heavy atom. The average Bonchev–Trinajstić information content (AvgIpc) is 2.55. The minimum absolute atomic E-state index is 0.226. The van der Waals surface area contributed by atoms with Gasteiger partial charge in [0.05, 0.1) is 6.33 Å². The molecule has 5 nitrogen and oxygen atoms in total. The van der Waals surface area contributed by atoms with Gasteiger partial charge >= 0.3 is 6.18 Å². The molecule has 0 N–H and O–H groups in total. The molecule has 1 aromatic heterocycles. The van der Waals surface area contributed by atoms with Crippen molar-refractivity contribution in [2.45, 2.75) is 18.1 Å². The summed E-state index contributed by atoms with van der Waals surface area (Å²) in [6.07, 6.45) is -3.50.